The molecular formula is C8H11W-. The molecule has 0 nitrogen and oxygen atoms in total. The van der Waals surface area contributed by atoms with Gasteiger partial charge in [-0.25, -0.2) is 11.6 Å². The second kappa shape index (κ2) is 4.06. The molecule has 0 heterocycles. The van der Waals surface area contributed by atoms with Gasteiger partial charge in [-0.15, -0.1) is 6.42 Å². The van der Waals surface area contributed by atoms with Crippen LogP contribution in [-0.4, -0.2) is 0 Å². The second-order valence-electron chi connectivity index (χ2n) is 2.39. The van der Waals surface area contributed by atoms with E-state index in [1.165, 1.54) is 5.57 Å². The van der Waals surface area contributed by atoms with E-state index in [0.717, 1.165) is 6.42 Å². The van der Waals surface area contributed by atoms with Gasteiger partial charge >= 0.3 is 0 Å². The first-order valence-corrected chi connectivity index (χ1v) is 3.08. The van der Waals surface area contributed by atoms with Crippen molar-refractivity contribution in [1.29, 1.82) is 0 Å². The fourth-order valence-electron chi connectivity index (χ4n) is 0.818. The Morgan fingerprint density at radius 2 is 2.22 bits per heavy atom. The molecule has 1 aliphatic carbocycles. The van der Waals surface area contributed by atoms with E-state index in [0.29, 0.717) is 5.92 Å². The number of hydrogen-bond donors (Lipinski definition) is 0. The van der Waals surface area contributed by atoms with E-state index in [2.05, 4.69) is 32.1 Å². The molecule has 0 radical (unpaired) electrons. The van der Waals surface area contributed by atoms with Gasteiger partial charge in [0.15, 0.2) is 0 Å². The Balaban J connectivity index is 0.000000640. The fourth-order valence-corrected chi connectivity index (χ4v) is 0.818. The molecule has 0 aliphatic heterocycles. The van der Waals surface area contributed by atoms with Crippen LogP contribution < -0.4 is 0 Å². The molecular weight excluding hydrogens is 280 g/mol. The van der Waals surface area contributed by atoms with E-state index in [-0.39, 0.29) is 21.1 Å². The third kappa shape index (κ3) is 2.49. The molecule has 0 fully saturated rings. The number of rotatable bonds is 1. The van der Waals surface area contributed by atoms with Crippen LogP contribution in [0.25, 0.3) is 0 Å². The third-order valence-corrected chi connectivity index (χ3v) is 1.34. The van der Waals surface area contributed by atoms with Gasteiger partial charge in [0.05, 0.1) is 0 Å². The molecule has 0 amide bonds. The van der Waals surface area contributed by atoms with E-state index >= 15 is 0 Å². The molecule has 1 heteroatoms. The maximum Gasteiger partial charge on any atom is 0 e. The minimum absolute atomic E-state index is 0. The largest absolute Gasteiger partial charge is 0.269 e. The van der Waals surface area contributed by atoms with Crippen LogP contribution in [-0.2, 0) is 21.1 Å². The summed E-state index contributed by atoms with van der Waals surface area (Å²) in [6.45, 7) is 4.38. The summed E-state index contributed by atoms with van der Waals surface area (Å²) in [5.74, 6) is 0.661. The Morgan fingerprint density at radius 3 is 2.44 bits per heavy atom. The van der Waals surface area contributed by atoms with Crippen molar-refractivity contribution >= 4 is 0 Å². The van der Waals surface area contributed by atoms with Crippen LogP contribution in [0.3, 0.4) is 0 Å². The Kier molecular flexibility index (Phi) is 4.14. The Labute approximate surface area is 71.3 Å². The monoisotopic (exact) mass is 291 g/mol. The first-order chi connectivity index (χ1) is 3.80. The zero-order valence-corrected chi connectivity index (χ0v) is 8.78. The zero-order valence-electron chi connectivity index (χ0n) is 5.85. The molecule has 0 spiro atoms. The molecule has 0 aromatic rings. The Bertz CT molecular complexity index is 132. The molecule has 0 aromatic heterocycles. The van der Waals surface area contributed by atoms with Crippen LogP contribution in [0.5, 0.6) is 0 Å². The van der Waals surface area contributed by atoms with Crippen molar-refractivity contribution < 1.29 is 21.1 Å². The van der Waals surface area contributed by atoms with Gasteiger partial charge in [-0.1, -0.05) is 19.8 Å². The molecule has 0 N–H and O–H groups in total. The molecule has 0 saturated carbocycles. The van der Waals surface area contributed by atoms with E-state index in [1.807, 2.05) is 0 Å². The number of hydrogen-bond acceptors (Lipinski definition) is 0. The van der Waals surface area contributed by atoms with Gasteiger partial charge in [0.25, 0.3) is 0 Å². The quantitative estimate of drug-likeness (QED) is 0.650. The number of allylic oxidation sites excluding steroid dienone is 4. The summed E-state index contributed by atoms with van der Waals surface area (Å²) in [4.78, 5) is 0. The minimum atomic E-state index is 0. The standard InChI is InChI=1S/C8H11.W/c1-7(2)8-5-3-4-6-8;/h3,5,7H,4H2,1-2H3;/q-1;. The van der Waals surface area contributed by atoms with Crippen molar-refractivity contribution in [3.8, 4) is 0 Å². The van der Waals surface area contributed by atoms with Crippen molar-refractivity contribution in [3.63, 3.8) is 0 Å². The van der Waals surface area contributed by atoms with Gasteiger partial charge in [0.1, 0.15) is 0 Å². The van der Waals surface area contributed by atoms with Gasteiger partial charge in [-0.2, -0.15) is 6.08 Å². The van der Waals surface area contributed by atoms with Crippen LogP contribution in [0.2, 0.25) is 0 Å². The molecule has 50 valence electrons. The molecule has 1 aliphatic rings. The summed E-state index contributed by atoms with van der Waals surface area (Å²) < 4.78 is 0. The van der Waals surface area contributed by atoms with E-state index < -0.39 is 0 Å². The topological polar surface area (TPSA) is 0 Å². The molecule has 0 atom stereocenters. The van der Waals surface area contributed by atoms with Gasteiger partial charge in [0, 0.05) is 21.1 Å². The van der Waals surface area contributed by atoms with Crippen molar-refractivity contribution in [2.75, 3.05) is 0 Å². The molecule has 0 unspecified atom stereocenters. The summed E-state index contributed by atoms with van der Waals surface area (Å²) in [5, 5.41) is 0. The van der Waals surface area contributed by atoms with Crippen LogP contribution in [0.1, 0.15) is 20.3 Å². The summed E-state index contributed by atoms with van der Waals surface area (Å²) in [6.07, 6.45) is 8.59. The minimum Gasteiger partial charge on any atom is -0.269 e. The van der Waals surface area contributed by atoms with Crippen LogP contribution in [0.4, 0.5) is 0 Å². The van der Waals surface area contributed by atoms with Gasteiger partial charge in [-0.3, -0.25) is 6.08 Å². The van der Waals surface area contributed by atoms with E-state index in [4.69, 9.17) is 0 Å². The predicted octanol–water partition coefficient (Wildman–Crippen LogP) is 2.33. The average Bonchev–Trinajstić information content (AvgIpc) is 2.12. The van der Waals surface area contributed by atoms with E-state index in [9.17, 15) is 0 Å². The summed E-state index contributed by atoms with van der Waals surface area (Å²) in [6, 6.07) is 0. The maximum absolute atomic E-state index is 3.26. The first-order valence-electron chi connectivity index (χ1n) is 3.08. The maximum atomic E-state index is 3.26. The SMILES string of the molecule is CC(C)C1=[C-]CC=C1.[W]. The Morgan fingerprint density at radius 1 is 1.56 bits per heavy atom. The Hall–Kier alpha value is 0.168. The molecule has 0 saturated heterocycles. The smallest absolute Gasteiger partial charge is 0 e. The van der Waals surface area contributed by atoms with Crippen molar-refractivity contribution in [3.05, 3.63) is 23.8 Å². The van der Waals surface area contributed by atoms with Crippen molar-refractivity contribution in [2.45, 2.75) is 20.3 Å². The van der Waals surface area contributed by atoms with Crippen LogP contribution in [0.15, 0.2) is 17.7 Å². The van der Waals surface area contributed by atoms with Crippen LogP contribution >= 0.6 is 0 Å². The molecule has 0 bridgehead atoms. The normalized spacial score (nSPS) is 15.7. The van der Waals surface area contributed by atoms with Crippen LogP contribution in [0, 0.1) is 12.0 Å². The predicted molar refractivity (Wildman–Crippen MR) is 35.4 cm³/mol. The first kappa shape index (κ1) is 9.17. The second-order valence-corrected chi connectivity index (χ2v) is 2.39. The molecule has 9 heavy (non-hydrogen) atoms. The van der Waals surface area contributed by atoms with Gasteiger partial charge in [0.2, 0.25) is 0 Å². The summed E-state index contributed by atoms with van der Waals surface area (Å²) in [5.41, 5.74) is 1.37. The van der Waals surface area contributed by atoms with Crippen molar-refractivity contribution in [1.82, 2.24) is 0 Å². The van der Waals surface area contributed by atoms with E-state index in [1.54, 1.807) is 0 Å². The summed E-state index contributed by atoms with van der Waals surface area (Å²) >= 11 is 0. The molecule has 1 rings (SSSR count). The van der Waals surface area contributed by atoms with Crippen molar-refractivity contribution in [2.24, 2.45) is 5.92 Å². The molecule has 0 aromatic carbocycles. The fraction of sp³-hybridized carbons (Fsp3) is 0.500. The third-order valence-electron chi connectivity index (χ3n) is 1.34. The van der Waals surface area contributed by atoms with Gasteiger partial charge < -0.3 is 0 Å². The zero-order chi connectivity index (χ0) is 5.98. The van der Waals surface area contributed by atoms with Gasteiger partial charge in [-0.05, 0) is 0 Å². The average molecular weight is 291 g/mol. The summed E-state index contributed by atoms with van der Waals surface area (Å²) in [7, 11) is 0.